The van der Waals surface area contributed by atoms with Gasteiger partial charge in [-0.05, 0) is 83.6 Å². The summed E-state index contributed by atoms with van der Waals surface area (Å²) in [5.41, 5.74) is 7.60. The first-order chi connectivity index (χ1) is 8.41. The van der Waals surface area contributed by atoms with E-state index in [1.165, 1.54) is 34.2 Å². The van der Waals surface area contributed by atoms with Gasteiger partial charge in [0, 0.05) is 5.56 Å². The van der Waals surface area contributed by atoms with E-state index in [0.717, 1.165) is 18.1 Å². The van der Waals surface area contributed by atoms with Crippen LogP contribution in [0.15, 0.2) is 0 Å². The zero-order chi connectivity index (χ0) is 13.9. The number of hydrogen-bond acceptors (Lipinski definition) is 1. The summed E-state index contributed by atoms with van der Waals surface area (Å²) in [6.45, 7) is 12.8. The Balaban J connectivity index is 3.13. The Morgan fingerprint density at radius 1 is 0.889 bits per heavy atom. The predicted octanol–water partition coefficient (Wildman–Crippen LogP) is 4.85. The summed E-state index contributed by atoms with van der Waals surface area (Å²) >= 11 is 0. The normalized spacial score (nSPS) is 11.4. The Morgan fingerprint density at radius 3 is 1.78 bits per heavy atom. The van der Waals surface area contributed by atoms with Gasteiger partial charge in [0.15, 0.2) is 5.52 Å². The molecule has 0 saturated carbocycles. The molecule has 0 aliphatic carbocycles. The lowest BCUT2D eigenvalue weighted by molar-refractivity contribution is 0.108. The van der Waals surface area contributed by atoms with Crippen molar-refractivity contribution in [2.45, 2.75) is 54.4 Å². The maximum Gasteiger partial charge on any atom is 0.181 e. The average molecular weight is 264 g/mol. The van der Waals surface area contributed by atoms with Gasteiger partial charge in [-0.15, -0.1) is 0 Å². The molecule has 0 saturated heterocycles. The van der Waals surface area contributed by atoms with Crippen LogP contribution < -0.4 is 0 Å². The SMILES string of the molecule is CCCCPC(=O)c1c(C)c(C)c(C)c(C)c1C. The van der Waals surface area contributed by atoms with E-state index in [1.54, 1.807) is 0 Å². The highest BCUT2D eigenvalue weighted by Crippen LogP contribution is 2.31. The van der Waals surface area contributed by atoms with Crippen LogP contribution in [-0.4, -0.2) is 11.7 Å². The van der Waals surface area contributed by atoms with Crippen LogP contribution in [0.25, 0.3) is 0 Å². The van der Waals surface area contributed by atoms with Crippen molar-refractivity contribution in [2.75, 3.05) is 6.16 Å². The zero-order valence-corrected chi connectivity index (χ0v) is 13.5. The molecule has 0 aliphatic heterocycles. The molecule has 1 nitrogen and oxygen atoms in total. The molecule has 18 heavy (non-hydrogen) atoms. The number of carbonyl (C=O) groups excluding carboxylic acids is 1. The first-order valence-electron chi connectivity index (χ1n) is 6.76. The summed E-state index contributed by atoms with van der Waals surface area (Å²) in [4.78, 5) is 12.4. The molecule has 0 aromatic heterocycles. The summed E-state index contributed by atoms with van der Waals surface area (Å²) < 4.78 is 0. The van der Waals surface area contributed by atoms with Gasteiger partial charge in [0.2, 0.25) is 0 Å². The molecule has 2 heteroatoms. The fourth-order valence-corrected chi connectivity index (χ4v) is 3.62. The van der Waals surface area contributed by atoms with Crippen LogP contribution in [0.3, 0.4) is 0 Å². The third-order valence-corrected chi connectivity index (χ3v) is 5.22. The van der Waals surface area contributed by atoms with Crippen molar-refractivity contribution in [1.29, 1.82) is 0 Å². The molecule has 0 N–H and O–H groups in total. The predicted molar refractivity (Wildman–Crippen MR) is 82.5 cm³/mol. The maximum absolute atomic E-state index is 12.4. The number of carbonyl (C=O) groups is 1. The lowest BCUT2D eigenvalue weighted by Gasteiger charge is -2.17. The Bertz CT molecular complexity index is 432. The van der Waals surface area contributed by atoms with Crippen LogP contribution in [-0.2, 0) is 0 Å². The first kappa shape index (κ1) is 15.4. The van der Waals surface area contributed by atoms with E-state index in [2.05, 4.69) is 41.5 Å². The Hall–Kier alpha value is -0.680. The smallest absolute Gasteiger partial charge is 0.181 e. The number of hydrogen-bond donors (Lipinski definition) is 0. The molecule has 0 bridgehead atoms. The van der Waals surface area contributed by atoms with Gasteiger partial charge in [-0.1, -0.05) is 13.3 Å². The van der Waals surface area contributed by atoms with Crippen LogP contribution in [0.5, 0.6) is 0 Å². The van der Waals surface area contributed by atoms with Crippen LogP contribution in [0.4, 0.5) is 0 Å². The maximum atomic E-state index is 12.4. The molecule has 1 aromatic rings. The highest BCUT2D eigenvalue weighted by molar-refractivity contribution is 7.58. The van der Waals surface area contributed by atoms with Crippen LogP contribution in [0.2, 0.25) is 0 Å². The van der Waals surface area contributed by atoms with Crippen LogP contribution >= 0.6 is 8.58 Å². The van der Waals surface area contributed by atoms with Crippen molar-refractivity contribution in [3.63, 3.8) is 0 Å². The Kier molecular flexibility index (Phi) is 5.53. The summed E-state index contributed by atoms with van der Waals surface area (Å²) in [5, 5.41) is 0. The minimum absolute atomic E-state index is 0.352. The van der Waals surface area contributed by atoms with Crippen LogP contribution in [0.1, 0.15) is 57.9 Å². The van der Waals surface area contributed by atoms with Crippen molar-refractivity contribution < 1.29 is 4.79 Å². The van der Waals surface area contributed by atoms with E-state index in [1.807, 2.05) is 0 Å². The summed E-state index contributed by atoms with van der Waals surface area (Å²) in [7, 11) is 0.434. The van der Waals surface area contributed by atoms with Gasteiger partial charge in [-0.25, -0.2) is 0 Å². The van der Waals surface area contributed by atoms with Crippen molar-refractivity contribution in [3.05, 3.63) is 33.4 Å². The second-order valence-electron chi connectivity index (χ2n) is 5.11. The number of benzene rings is 1. The average Bonchev–Trinajstić information content (AvgIpc) is 2.34. The molecule has 1 aromatic carbocycles. The molecule has 0 amide bonds. The lowest BCUT2D eigenvalue weighted by Crippen LogP contribution is -2.06. The molecule has 100 valence electrons. The van der Waals surface area contributed by atoms with Gasteiger partial charge < -0.3 is 0 Å². The second kappa shape index (κ2) is 6.48. The Labute approximate surface area is 113 Å². The zero-order valence-electron chi connectivity index (χ0n) is 12.5. The number of rotatable bonds is 5. The summed E-state index contributed by atoms with van der Waals surface area (Å²) in [6, 6.07) is 0. The van der Waals surface area contributed by atoms with Gasteiger partial charge >= 0.3 is 0 Å². The van der Waals surface area contributed by atoms with E-state index in [9.17, 15) is 4.79 Å². The molecule has 0 spiro atoms. The molecular weight excluding hydrogens is 239 g/mol. The molecule has 0 heterocycles. The van der Waals surface area contributed by atoms with Gasteiger partial charge in [-0.2, -0.15) is 0 Å². The minimum atomic E-state index is 0.352. The third kappa shape index (κ3) is 3.01. The standard InChI is InChI=1S/C16H25OP/c1-7-8-9-18-16(17)15-13(5)11(3)10(2)12(4)14(15)6/h18H,7-9H2,1-6H3. The molecule has 1 rings (SSSR count). The van der Waals surface area contributed by atoms with E-state index >= 15 is 0 Å². The minimum Gasteiger partial charge on any atom is -0.289 e. The number of unbranched alkanes of at least 4 members (excludes halogenated alkanes) is 1. The largest absolute Gasteiger partial charge is 0.289 e. The van der Waals surface area contributed by atoms with Crippen molar-refractivity contribution in [1.82, 2.24) is 0 Å². The Morgan fingerprint density at radius 2 is 1.33 bits per heavy atom. The van der Waals surface area contributed by atoms with Crippen molar-refractivity contribution in [3.8, 4) is 0 Å². The van der Waals surface area contributed by atoms with E-state index in [4.69, 9.17) is 0 Å². The van der Waals surface area contributed by atoms with Crippen molar-refractivity contribution in [2.24, 2.45) is 0 Å². The summed E-state index contributed by atoms with van der Waals surface area (Å²) in [5.74, 6) is 0. The van der Waals surface area contributed by atoms with Gasteiger partial charge in [0.05, 0.1) is 0 Å². The molecule has 1 atom stereocenters. The lowest BCUT2D eigenvalue weighted by atomic mass is 9.90. The third-order valence-electron chi connectivity index (χ3n) is 4.04. The van der Waals surface area contributed by atoms with Gasteiger partial charge in [0.1, 0.15) is 0 Å². The highest BCUT2D eigenvalue weighted by Gasteiger charge is 2.17. The quantitative estimate of drug-likeness (QED) is 0.549. The molecular formula is C16H25OP. The van der Waals surface area contributed by atoms with Crippen molar-refractivity contribution >= 4 is 14.1 Å². The fraction of sp³-hybridized carbons (Fsp3) is 0.562. The second-order valence-corrected chi connectivity index (χ2v) is 6.42. The van der Waals surface area contributed by atoms with E-state index in [0.29, 0.717) is 14.1 Å². The van der Waals surface area contributed by atoms with E-state index in [-0.39, 0.29) is 0 Å². The fourth-order valence-electron chi connectivity index (χ4n) is 2.31. The van der Waals surface area contributed by atoms with E-state index < -0.39 is 0 Å². The highest BCUT2D eigenvalue weighted by atomic mass is 31.1. The van der Waals surface area contributed by atoms with Crippen LogP contribution in [0, 0.1) is 34.6 Å². The van der Waals surface area contributed by atoms with Gasteiger partial charge in [0.25, 0.3) is 0 Å². The molecule has 0 fully saturated rings. The molecule has 1 unspecified atom stereocenters. The first-order valence-corrected chi connectivity index (χ1v) is 7.97. The molecule has 0 radical (unpaired) electrons. The topological polar surface area (TPSA) is 17.1 Å². The summed E-state index contributed by atoms with van der Waals surface area (Å²) in [6.07, 6.45) is 3.37. The molecule has 0 aliphatic rings. The van der Waals surface area contributed by atoms with Gasteiger partial charge in [-0.3, -0.25) is 4.79 Å². The monoisotopic (exact) mass is 264 g/mol.